The lowest BCUT2D eigenvalue weighted by atomic mass is 9.83. The molecule has 13 heavy (non-hydrogen) atoms. The zero-order valence-electron chi connectivity index (χ0n) is 8.55. The molecule has 0 aromatic carbocycles. The Morgan fingerprint density at radius 2 is 2.15 bits per heavy atom. The summed E-state index contributed by atoms with van der Waals surface area (Å²) in [7, 11) is 0. The molecule has 1 aromatic rings. The number of thiophene rings is 1. The molecule has 0 aliphatic heterocycles. The number of nitrogens with two attached hydrogens (primary N) is 1. The van der Waals surface area contributed by atoms with Gasteiger partial charge in [-0.25, -0.2) is 0 Å². The molecule has 0 spiro atoms. The Bertz CT molecular complexity index is 226. The van der Waals surface area contributed by atoms with Crippen LogP contribution in [0.1, 0.15) is 32.3 Å². The van der Waals surface area contributed by atoms with E-state index in [4.69, 9.17) is 5.73 Å². The highest BCUT2D eigenvalue weighted by Gasteiger charge is 2.16. The Morgan fingerprint density at radius 1 is 1.38 bits per heavy atom. The second-order valence-electron chi connectivity index (χ2n) is 4.33. The molecule has 74 valence electrons. The van der Waals surface area contributed by atoms with Gasteiger partial charge in [0.2, 0.25) is 0 Å². The van der Waals surface area contributed by atoms with E-state index < -0.39 is 0 Å². The lowest BCUT2D eigenvalue weighted by Gasteiger charge is -2.23. The molecule has 1 nitrogen and oxygen atoms in total. The van der Waals surface area contributed by atoms with Gasteiger partial charge in [-0.1, -0.05) is 13.8 Å². The number of hydrogen-bond donors (Lipinski definition) is 1. The van der Waals surface area contributed by atoms with E-state index in [1.54, 1.807) is 11.3 Å². The van der Waals surface area contributed by atoms with E-state index in [9.17, 15) is 0 Å². The Labute approximate surface area is 85.0 Å². The highest BCUT2D eigenvalue weighted by Crippen LogP contribution is 2.26. The van der Waals surface area contributed by atoms with Crippen molar-refractivity contribution in [2.24, 2.45) is 11.1 Å². The van der Waals surface area contributed by atoms with Gasteiger partial charge in [0.05, 0.1) is 0 Å². The van der Waals surface area contributed by atoms with Crippen LogP contribution < -0.4 is 5.73 Å². The molecule has 1 aromatic heterocycles. The predicted molar refractivity (Wildman–Crippen MR) is 60.1 cm³/mol. The van der Waals surface area contributed by atoms with E-state index in [0.717, 1.165) is 13.0 Å². The quantitative estimate of drug-likeness (QED) is 0.771. The molecule has 0 atom stereocenters. The van der Waals surface area contributed by atoms with Crippen molar-refractivity contribution in [3.63, 3.8) is 0 Å². The molecule has 2 heteroatoms. The molecule has 0 saturated heterocycles. The molecule has 0 bridgehead atoms. The van der Waals surface area contributed by atoms with Gasteiger partial charge >= 0.3 is 0 Å². The van der Waals surface area contributed by atoms with Crippen molar-refractivity contribution >= 4 is 11.3 Å². The van der Waals surface area contributed by atoms with Gasteiger partial charge in [-0.2, -0.15) is 11.3 Å². The topological polar surface area (TPSA) is 26.0 Å². The third-order valence-corrected chi connectivity index (χ3v) is 3.22. The van der Waals surface area contributed by atoms with Crippen LogP contribution in [0.3, 0.4) is 0 Å². The summed E-state index contributed by atoms with van der Waals surface area (Å²) in [5.41, 5.74) is 7.43. The summed E-state index contributed by atoms with van der Waals surface area (Å²) in [6.45, 7) is 5.40. The minimum absolute atomic E-state index is 0.399. The van der Waals surface area contributed by atoms with E-state index in [2.05, 4.69) is 30.7 Å². The summed E-state index contributed by atoms with van der Waals surface area (Å²) in [4.78, 5) is 0. The van der Waals surface area contributed by atoms with Crippen LogP contribution in [0.15, 0.2) is 16.8 Å². The molecule has 0 aliphatic rings. The number of aryl methyl sites for hydroxylation is 1. The molecule has 1 rings (SSSR count). The van der Waals surface area contributed by atoms with Crippen LogP contribution in [0.2, 0.25) is 0 Å². The fourth-order valence-electron chi connectivity index (χ4n) is 1.43. The van der Waals surface area contributed by atoms with Crippen LogP contribution in [0.5, 0.6) is 0 Å². The lowest BCUT2D eigenvalue weighted by Crippen LogP contribution is -2.17. The van der Waals surface area contributed by atoms with Gasteiger partial charge in [-0.3, -0.25) is 0 Å². The largest absolute Gasteiger partial charge is 0.330 e. The second-order valence-corrected chi connectivity index (χ2v) is 5.11. The standard InChI is InChI=1S/C11H19NS/c1-11(2,6-7-12)5-3-10-4-8-13-9-10/h4,8-9H,3,5-7,12H2,1-2H3. The van der Waals surface area contributed by atoms with Crippen LogP contribution in [-0.2, 0) is 6.42 Å². The fourth-order valence-corrected chi connectivity index (χ4v) is 2.14. The monoisotopic (exact) mass is 197 g/mol. The van der Waals surface area contributed by atoms with Gasteiger partial charge in [-0.15, -0.1) is 0 Å². The van der Waals surface area contributed by atoms with Gasteiger partial charge in [0, 0.05) is 0 Å². The van der Waals surface area contributed by atoms with E-state index in [0.29, 0.717) is 5.41 Å². The van der Waals surface area contributed by atoms with Gasteiger partial charge in [0.25, 0.3) is 0 Å². The van der Waals surface area contributed by atoms with Crippen molar-refractivity contribution in [2.45, 2.75) is 33.1 Å². The predicted octanol–water partition coefficient (Wildman–Crippen LogP) is 3.06. The Morgan fingerprint density at radius 3 is 2.69 bits per heavy atom. The second kappa shape index (κ2) is 4.77. The van der Waals surface area contributed by atoms with Gasteiger partial charge in [-0.05, 0) is 53.6 Å². The minimum Gasteiger partial charge on any atom is -0.330 e. The minimum atomic E-state index is 0.399. The van der Waals surface area contributed by atoms with Gasteiger partial charge < -0.3 is 5.73 Å². The smallest absolute Gasteiger partial charge is 0.00613 e. The fraction of sp³-hybridized carbons (Fsp3) is 0.636. The number of hydrogen-bond acceptors (Lipinski definition) is 2. The normalized spacial score (nSPS) is 11.9. The first-order valence-electron chi connectivity index (χ1n) is 4.85. The molecule has 0 radical (unpaired) electrons. The van der Waals surface area contributed by atoms with E-state index in [1.165, 1.54) is 18.4 Å². The molecule has 0 unspecified atom stereocenters. The van der Waals surface area contributed by atoms with Gasteiger partial charge in [0.1, 0.15) is 0 Å². The molecule has 1 heterocycles. The van der Waals surface area contributed by atoms with E-state index in [1.807, 2.05) is 0 Å². The van der Waals surface area contributed by atoms with Crippen LogP contribution in [-0.4, -0.2) is 6.54 Å². The molecule has 2 N–H and O–H groups in total. The zero-order valence-corrected chi connectivity index (χ0v) is 9.36. The summed E-state index contributed by atoms with van der Waals surface area (Å²) < 4.78 is 0. The van der Waals surface area contributed by atoms with Crippen LogP contribution >= 0.6 is 11.3 Å². The summed E-state index contributed by atoms with van der Waals surface area (Å²) >= 11 is 1.78. The average Bonchev–Trinajstić information content (AvgIpc) is 2.52. The van der Waals surface area contributed by atoms with Crippen molar-refractivity contribution in [3.8, 4) is 0 Å². The summed E-state index contributed by atoms with van der Waals surface area (Å²) in [6, 6.07) is 2.21. The van der Waals surface area contributed by atoms with Crippen molar-refractivity contribution < 1.29 is 0 Å². The van der Waals surface area contributed by atoms with Gasteiger partial charge in [0.15, 0.2) is 0 Å². The average molecular weight is 197 g/mol. The van der Waals surface area contributed by atoms with E-state index >= 15 is 0 Å². The third-order valence-electron chi connectivity index (χ3n) is 2.49. The van der Waals surface area contributed by atoms with E-state index in [-0.39, 0.29) is 0 Å². The van der Waals surface area contributed by atoms with Crippen LogP contribution in [0.4, 0.5) is 0 Å². The first kappa shape index (κ1) is 10.7. The van der Waals surface area contributed by atoms with Crippen LogP contribution in [0, 0.1) is 5.41 Å². The maximum atomic E-state index is 5.57. The van der Waals surface area contributed by atoms with Crippen molar-refractivity contribution in [1.29, 1.82) is 0 Å². The lowest BCUT2D eigenvalue weighted by molar-refractivity contribution is 0.313. The molecule has 0 saturated carbocycles. The van der Waals surface area contributed by atoms with Crippen molar-refractivity contribution in [2.75, 3.05) is 6.54 Å². The first-order valence-corrected chi connectivity index (χ1v) is 5.79. The Hall–Kier alpha value is -0.340. The Kier molecular flexibility index (Phi) is 3.94. The number of rotatable bonds is 5. The highest BCUT2D eigenvalue weighted by atomic mass is 32.1. The summed E-state index contributed by atoms with van der Waals surface area (Å²) in [5, 5.41) is 4.38. The summed E-state index contributed by atoms with van der Waals surface area (Å²) in [6.07, 6.45) is 3.55. The maximum absolute atomic E-state index is 5.57. The zero-order chi connectivity index (χ0) is 9.73. The molecule has 0 aliphatic carbocycles. The maximum Gasteiger partial charge on any atom is -0.00613 e. The first-order chi connectivity index (χ1) is 6.14. The molecule has 0 fully saturated rings. The summed E-state index contributed by atoms with van der Waals surface area (Å²) in [5.74, 6) is 0. The molecular formula is C11H19NS. The van der Waals surface area contributed by atoms with Crippen molar-refractivity contribution in [3.05, 3.63) is 22.4 Å². The third kappa shape index (κ3) is 3.92. The molecular weight excluding hydrogens is 178 g/mol. The Balaban J connectivity index is 2.33. The highest BCUT2D eigenvalue weighted by molar-refractivity contribution is 7.07. The molecule has 0 amide bonds. The van der Waals surface area contributed by atoms with Crippen LogP contribution in [0.25, 0.3) is 0 Å². The van der Waals surface area contributed by atoms with Crippen molar-refractivity contribution in [1.82, 2.24) is 0 Å². The SMILES string of the molecule is CC(C)(CCN)CCc1ccsc1.